The molecule has 27 heavy (non-hydrogen) atoms. The van der Waals surface area contributed by atoms with Crippen molar-refractivity contribution < 1.29 is 9.53 Å². The van der Waals surface area contributed by atoms with Gasteiger partial charge < -0.3 is 4.74 Å². The molecule has 0 bridgehead atoms. The minimum absolute atomic E-state index is 0.268. The van der Waals surface area contributed by atoms with Crippen LogP contribution in [0.4, 0.5) is 0 Å². The third kappa shape index (κ3) is 5.94. The van der Waals surface area contributed by atoms with Crippen LogP contribution in [-0.4, -0.2) is 12.1 Å². The molecule has 0 heterocycles. The number of carbonyl (C=O) groups excluding carboxylic acids is 1. The number of hydrazone groups is 1. The van der Waals surface area contributed by atoms with Crippen molar-refractivity contribution in [1.29, 1.82) is 0 Å². The van der Waals surface area contributed by atoms with E-state index in [1.54, 1.807) is 24.4 Å². The maximum atomic E-state index is 12.0. The zero-order chi connectivity index (χ0) is 19.1. The molecular formula is C21H16BrClN2O2. The molecule has 3 aromatic carbocycles. The molecule has 0 unspecified atom stereocenters. The first-order valence-corrected chi connectivity index (χ1v) is 9.33. The number of benzene rings is 3. The van der Waals surface area contributed by atoms with E-state index in [0.29, 0.717) is 17.2 Å². The van der Waals surface area contributed by atoms with Gasteiger partial charge in [-0.1, -0.05) is 45.7 Å². The summed E-state index contributed by atoms with van der Waals surface area (Å²) in [6, 6.07) is 22.1. The minimum atomic E-state index is -0.268. The van der Waals surface area contributed by atoms with Crippen LogP contribution in [0.3, 0.4) is 0 Å². The molecular weight excluding hydrogens is 428 g/mol. The highest BCUT2D eigenvalue weighted by Crippen LogP contribution is 2.15. The number of ether oxygens (including phenoxy) is 1. The molecule has 0 radical (unpaired) electrons. The third-order valence-corrected chi connectivity index (χ3v) is 4.41. The highest BCUT2D eigenvalue weighted by Gasteiger charge is 2.03. The molecule has 6 heteroatoms. The topological polar surface area (TPSA) is 50.7 Å². The lowest BCUT2D eigenvalue weighted by molar-refractivity contribution is 0.0955. The summed E-state index contributed by atoms with van der Waals surface area (Å²) in [6.45, 7) is 0.466. The summed E-state index contributed by atoms with van der Waals surface area (Å²) < 4.78 is 6.58. The maximum absolute atomic E-state index is 12.0. The van der Waals surface area contributed by atoms with Crippen molar-refractivity contribution in [1.82, 2.24) is 5.43 Å². The van der Waals surface area contributed by atoms with Gasteiger partial charge in [0.1, 0.15) is 12.4 Å². The smallest absolute Gasteiger partial charge is 0.271 e. The molecule has 0 spiro atoms. The predicted molar refractivity (Wildman–Crippen MR) is 111 cm³/mol. The van der Waals surface area contributed by atoms with Gasteiger partial charge in [-0.3, -0.25) is 4.79 Å². The molecule has 0 saturated heterocycles. The lowest BCUT2D eigenvalue weighted by Crippen LogP contribution is -2.17. The monoisotopic (exact) mass is 442 g/mol. The first-order chi connectivity index (χ1) is 13.1. The Balaban J connectivity index is 1.51. The van der Waals surface area contributed by atoms with E-state index in [1.807, 2.05) is 54.6 Å². The van der Waals surface area contributed by atoms with Crippen LogP contribution < -0.4 is 10.2 Å². The van der Waals surface area contributed by atoms with Gasteiger partial charge in [0.05, 0.1) is 6.21 Å². The molecule has 0 aliphatic carbocycles. The number of hydrogen-bond acceptors (Lipinski definition) is 3. The molecule has 3 rings (SSSR count). The van der Waals surface area contributed by atoms with Crippen LogP contribution in [0.2, 0.25) is 5.02 Å². The van der Waals surface area contributed by atoms with Crippen molar-refractivity contribution in [2.24, 2.45) is 5.10 Å². The fourth-order valence-electron chi connectivity index (χ4n) is 2.26. The molecule has 136 valence electrons. The largest absolute Gasteiger partial charge is 0.489 e. The third-order valence-electron chi connectivity index (χ3n) is 3.67. The lowest BCUT2D eigenvalue weighted by atomic mass is 10.2. The van der Waals surface area contributed by atoms with Crippen molar-refractivity contribution >= 4 is 39.7 Å². The second kappa shape index (κ2) is 9.35. The number of nitrogens with one attached hydrogen (secondary N) is 1. The number of nitrogens with zero attached hydrogens (tertiary/aromatic N) is 1. The van der Waals surface area contributed by atoms with Crippen LogP contribution in [0.1, 0.15) is 21.5 Å². The van der Waals surface area contributed by atoms with Gasteiger partial charge in [0.15, 0.2) is 0 Å². The predicted octanol–water partition coefficient (Wildman–Crippen LogP) is 5.45. The van der Waals surface area contributed by atoms with Gasteiger partial charge >= 0.3 is 0 Å². The molecule has 4 nitrogen and oxygen atoms in total. The number of carbonyl (C=O) groups is 1. The molecule has 0 fully saturated rings. The van der Waals surface area contributed by atoms with Crippen molar-refractivity contribution in [3.8, 4) is 5.75 Å². The molecule has 0 aromatic heterocycles. The lowest BCUT2D eigenvalue weighted by Gasteiger charge is -2.06. The quantitative estimate of drug-likeness (QED) is 0.407. The van der Waals surface area contributed by atoms with E-state index in [1.165, 1.54) is 0 Å². The van der Waals surface area contributed by atoms with Crippen LogP contribution in [0, 0.1) is 0 Å². The number of rotatable bonds is 6. The standard InChI is InChI=1S/C21H16BrClN2O2/c22-18-3-1-2-17(12-18)21(26)25-24-13-15-6-10-20(11-7-15)27-14-16-4-8-19(23)9-5-16/h1-13H,14H2,(H,25,26)/b24-13-. The Morgan fingerprint density at radius 1 is 1.07 bits per heavy atom. The van der Waals surface area contributed by atoms with E-state index in [0.717, 1.165) is 21.3 Å². The summed E-state index contributed by atoms with van der Waals surface area (Å²) in [7, 11) is 0. The van der Waals surface area contributed by atoms with Crippen LogP contribution >= 0.6 is 27.5 Å². The van der Waals surface area contributed by atoms with Gasteiger partial charge in [-0.25, -0.2) is 5.43 Å². The van der Waals surface area contributed by atoms with E-state index < -0.39 is 0 Å². The normalized spacial score (nSPS) is 10.7. The second-order valence-electron chi connectivity index (χ2n) is 5.69. The Kier molecular flexibility index (Phi) is 6.63. The average molecular weight is 444 g/mol. The maximum Gasteiger partial charge on any atom is 0.271 e. The van der Waals surface area contributed by atoms with Crippen LogP contribution in [0.15, 0.2) is 82.4 Å². The van der Waals surface area contributed by atoms with E-state index in [-0.39, 0.29) is 5.91 Å². The number of halogens is 2. The number of hydrogen-bond donors (Lipinski definition) is 1. The van der Waals surface area contributed by atoms with Crippen LogP contribution in [0.25, 0.3) is 0 Å². The summed E-state index contributed by atoms with van der Waals surface area (Å²) in [5.41, 5.74) is 4.94. The zero-order valence-electron chi connectivity index (χ0n) is 14.2. The highest BCUT2D eigenvalue weighted by molar-refractivity contribution is 9.10. The molecule has 0 aliphatic heterocycles. The Hall–Kier alpha value is -2.63. The zero-order valence-corrected chi connectivity index (χ0v) is 16.6. The summed E-state index contributed by atoms with van der Waals surface area (Å²) in [5.74, 6) is 0.482. The molecule has 0 aliphatic rings. The molecule has 3 aromatic rings. The van der Waals surface area contributed by atoms with Crippen molar-refractivity contribution in [3.05, 3.63) is 99.0 Å². The fraction of sp³-hybridized carbons (Fsp3) is 0.0476. The first-order valence-electron chi connectivity index (χ1n) is 8.16. The molecule has 0 saturated carbocycles. The Bertz CT molecular complexity index is 941. The molecule has 1 amide bonds. The van der Waals surface area contributed by atoms with Crippen LogP contribution in [-0.2, 0) is 6.61 Å². The first kappa shape index (κ1) is 19.1. The Morgan fingerprint density at radius 2 is 1.81 bits per heavy atom. The van der Waals surface area contributed by atoms with Gasteiger partial charge in [-0.05, 0) is 65.7 Å². The van der Waals surface area contributed by atoms with Crippen molar-refractivity contribution in [3.63, 3.8) is 0 Å². The van der Waals surface area contributed by atoms with Gasteiger partial charge in [0.2, 0.25) is 0 Å². The van der Waals surface area contributed by atoms with Crippen molar-refractivity contribution in [2.75, 3.05) is 0 Å². The van der Waals surface area contributed by atoms with Crippen LogP contribution in [0.5, 0.6) is 5.75 Å². The van der Waals surface area contributed by atoms with Gasteiger partial charge in [0.25, 0.3) is 5.91 Å². The molecule has 0 atom stereocenters. The van der Waals surface area contributed by atoms with E-state index >= 15 is 0 Å². The van der Waals surface area contributed by atoms with E-state index in [2.05, 4.69) is 26.5 Å². The summed E-state index contributed by atoms with van der Waals surface area (Å²) in [4.78, 5) is 12.0. The highest BCUT2D eigenvalue weighted by atomic mass is 79.9. The number of amides is 1. The SMILES string of the molecule is O=C(N/N=C\c1ccc(OCc2ccc(Cl)cc2)cc1)c1cccc(Br)c1. The summed E-state index contributed by atoms with van der Waals surface area (Å²) >= 11 is 9.20. The minimum Gasteiger partial charge on any atom is -0.489 e. The summed E-state index contributed by atoms with van der Waals surface area (Å²) in [5, 5.41) is 4.69. The molecule has 1 N–H and O–H groups in total. The fourth-order valence-corrected chi connectivity index (χ4v) is 2.78. The van der Waals surface area contributed by atoms with Gasteiger partial charge in [-0.15, -0.1) is 0 Å². The Morgan fingerprint density at radius 3 is 2.52 bits per heavy atom. The van der Waals surface area contributed by atoms with Gasteiger partial charge in [-0.2, -0.15) is 5.10 Å². The van der Waals surface area contributed by atoms with Gasteiger partial charge in [0, 0.05) is 15.1 Å². The van der Waals surface area contributed by atoms with E-state index in [4.69, 9.17) is 16.3 Å². The summed E-state index contributed by atoms with van der Waals surface area (Å²) in [6.07, 6.45) is 1.58. The van der Waals surface area contributed by atoms with E-state index in [9.17, 15) is 4.79 Å². The Labute approximate surface area is 171 Å². The average Bonchev–Trinajstić information content (AvgIpc) is 2.68. The second-order valence-corrected chi connectivity index (χ2v) is 7.05. The van der Waals surface area contributed by atoms with Crippen molar-refractivity contribution in [2.45, 2.75) is 6.61 Å².